The maximum atomic E-state index is 11.0. The van der Waals surface area contributed by atoms with Gasteiger partial charge in [-0.05, 0) is 23.3 Å². The van der Waals surface area contributed by atoms with E-state index in [9.17, 15) is 4.79 Å². The number of carbonyl (C=O) groups is 1. The number of rotatable bonds is 2. The summed E-state index contributed by atoms with van der Waals surface area (Å²) >= 11 is 6.11. The third kappa shape index (κ3) is 2.86. The van der Waals surface area contributed by atoms with Crippen molar-refractivity contribution in [2.24, 2.45) is 0 Å². The van der Waals surface area contributed by atoms with Gasteiger partial charge in [-0.15, -0.1) is 0 Å². The van der Waals surface area contributed by atoms with Crippen molar-refractivity contribution in [2.45, 2.75) is 6.92 Å². The highest BCUT2D eigenvalue weighted by Crippen LogP contribution is 2.28. The highest BCUT2D eigenvalue weighted by atomic mass is 35.5. The molecule has 3 heteroatoms. The lowest BCUT2D eigenvalue weighted by molar-refractivity contribution is -0.114. The monoisotopic (exact) mass is 245 g/mol. The molecule has 2 aromatic rings. The van der Waals surface area contributed by atoms with Crippen LogP contribution in [0.5, 0.6) is 0 Å². The fourth-order valence-electron chi connectivity index (χ4n) is 1.62. The minimum absolute atomic E-state index is 0.126. The molecule has 0 fully saturated rings. The molecule has 0 radical (unpaired) electrons. The van der Waals surface area contributed by atoms with Crippen LogP contribution in [0.3, 0.4) is 0 Å². The predicted octanol–water partition coefficient (Wildman–Crippen LogP) is 3.97. The number of carbonyl (C=O) groups excluding carboxylic acids is 1. The molecule has 0 atom stereocenters. The van der Waals surface area contributed by atoms with Gasteiger partial charge in [-0.3, -0.25) is 4.79 Å². The van der Waals surface area contributed by atoms with E-state index in [2.05, 4.69) is 5.32 Å². The average molecular weight is 246 g/mol. The molecule has 1 amide bonds. The van der Waals surface area contributed by atoms with Crippen molar-refractivity contribution in [2.75, 3.05) is 5.32 Å². The van der Waals surface area contributed by atoms with E-state index < -0.39 is 0 Å². The van der Waals surface area contributed by atoms with Gasteiger partial charge in [0.25, 0.3) is 0 Å². The fourth-order valence-corrected chi connectivity index (χ4v) is 1.84. The first-order chi connectivity index (χ1) is 8.16. The van der Waals surface area contributed by atoms with Crippen molar-refractivity contribution in [3.05, 3.63) is 53.6 Å². The Morgan fingerprint density at radius 2 is 1.76 bits per heavy atom. The topological polar surface area (TPSA) is 29.1 Å². The zero-order valence-corrected chi connectivity index (χ0v) is 10.2. The van der Waals surface area contributed by atoms with Gasteiger partial charge in [-0.25, -0.2) is 0 Å². The number of nitrogens with one attached hydrogen (secondary N) is 1. The molecular formula is C14H12ClNO. The largest absolute Gasteiger partial charge is 0.325 e. The van der Waals surface area contributed by atoms with E-state index >= 15 is 0 Å². The van der Waals surface area contributed by atoms with Gasteiger partial charge in [-0.1, -0.05) is 48.0 Å². The Kier molecular flexibility index (Phi) is 3.45. The lowest BCUT2D eigenvalue weighted by atomic mass is 10.1. The van der Waals surface area contributed by atoms with Crippen LogP contribution in [0.15, 0.2) is 48.5 Å². The molecule has 0 aliphatic rings. The van der Waals surface area contributed by atoms with Crippen LogP contribution in [0.25, 0.3) is 11.1 Å². The van der Waals surface area contributed by atoms with Gasteiger partial charge in [0.2, 0.25) is 5.91 Å². The number of halogens is 1. The number of hydrogen-bond acceptors (Lipinski definition) is 1. The minimum Gasteiger partial charge on any atom is -0.325 e. The van der Waals surface area contributed by atoms with Crippen LogP contribution in [0, 0.1) is 0 Å². The third-order valence-corrected chi connectivity index (χ3v) is 2.70. The molecule has 0 bridgehead atoms. The molecule has 0 aliphatic carbocycles. The molecular weight excluding hydrogens is 234 g/mol. The second kappa shape index (κ2) is 5.02. The molecule has 1 N–H and O–H groups in total. The summed E-state index contributed by atoms with van der Waals surface area (Å²) < 4.78 is 0. The van der Waals surface area contributed by atoms with Crippen molar-refractivity contribution in [1.82, 2.24) is 0 Å². The van der Waals surface area contributed by atoms with E-state index in [0.717, 1.165) is 11.1 Å². The van der Waals surface area contributed by atoms with Crippen molar-refractivity contribution in [3.63, 3.8) is 0 Å². The summed E-state index contributed by atoms with van der Waals surface area (Å²) in [6.45, 7) is 1.46. The smallest absolute Gasteiger partial charge is 0.221 e. The first kappa shape index (κ1) is 11.7. The maximum Gasteiger partial charge on any atom is 0.221 e. The molecule has 0 aromatic heterocycles. The normalized spacial score (nSPS) is 10.0. The van der Waals surface area contributed by atoms with Crippen LogP contribution in [0.2, 0.25) is 5.02 Å². The van der Waals surface area contributed by atoms with Crippen molar-refractivity contribution in [3.8, 4) is 11.1 Å². The molecule has 0 aliphatic heterocycles. The summed E-state index contributed by atoms with van der Waals surface area (Å²) in [5, 5.41) is 3.22. The SMILES string of the molecule is CC(=O)Nc1ccc(-c2ccccc2)cc1Cl. The molecule has 2 aromatic carbocycles. The van der Waals surface area contributed by atoms with Gasteiger partial charge in [0, 0.05) is 6.92 Å². The second-order valence-electron chi connectivity index (χ2n) is 3.74. The lowest BCUT2D eigenvalue weighted by Gasteiger charge is -2.07. The Morgan fingerprint density at radius 1 is 1.06 bits per heavy atom. The maximum absolute atomic E-state index is 11.0. The van der Waals surface area contributed by atoms with Gasteiger partial charge in [0.05, 0.1) is 10.7 Å². The van der Waals surface area contributed by atoms with Crippen LogP contribution in [-0.4, -0.2) is 5.91 Å². The molecule has 0 saturated heterocycles. The first-order valence-corrected chi connectivity index (χ1v) is 5.67. The van der Waals surface area contributed by atoms with Crippen molar-refractivity contribution < 1.29 is 4.79 Å². The van der Waals surface area contributed by atoms with Crippen LogP contribution in [0.4, 0.5) is 5.69 Å². The van der Waals surface area contributed by atoms with E-state index in [1.165, 1.54) is 6.92 Å². The van der Waals surface area contributed by atoms with Crippen LogP contribution < -0.4 is 5.32 Å². The van der Waals surface area contributed by atoms with Crippen molar-refractivity contribution in [1.29, 1.82) is 0 Å². The van der Waals surface area contributed by atoms with Crippen LogP contribution >= 0.6 is 11.6 Å². The second-order valence-corrected chi connectivity index (χ2v) is 4.15. The Labute approximate surface area is 105 Å². The molecule has 2 rings (SSSR count). The number of benzene rings is 2. The Morgan fingerprint density at radius 3 is 2.35 bits per heavy atom. The predicted molar refractivity (Wildman–Crippen MR) is 71.2 cm³/mol. The standard InChI is InChI=1S/C14H12ClNO/c1-10(17)16-14-8-7-12(9-13(14)15)11-5-3-2-4-6-11/h2-9H,1H3,(H,16,17). The van der Waals surface area contributed by atoms with Gasteiger partial charge >= 0.3 is 0 Å². The van der Waals surface area contributed by atoms with Crippen LogP contribution in [0.1, 0.15) is 6.92 Å². The molecule has 0 unspecified atom stereocenters. The lowest BCUT2D eigenvalue weighted by Crippen LogP contribution is -2.05. The summed E-state index contributed by atoms with van der Waals surface area (Å²) in [4.78, 5) is 11.0. The molecule has 86 valence electrons. The van der Waals surface area contributed by atoms with E-state index in [1.807, 2.05) is 48.5 Å². The molecule has 0 spiro atoms. The Bertz CT molecular complexity index is 537. The fraction of sp³-hybridized carbons (Fsp3) is 0.0714. The summed E-state index contributed by atoms with van der Waals surface area (Å²) in [5.41, 5.74) is 2.77. The molecule has 0 heterocycles. The summed E-state index contributed by atoms with van der Waals surface area (Å²) in [6.07, 6.45) is 0. The van der Waals surface area contributed by atoms with Crippen molar-refractivity contribution >= 4 is 23.2 Å². The first-order valence-electron chi connectivity index (χ1n) is 5.29. The summed E-state index contributed by atoms with van der Waals surface area (Å²) in [6, 6.07) is 15.6. The van der Waals surface area contributed by atoms with Gasteiger partial charge in [0.1, 0.15) is 0 Å². The van der Waals surface area contributed by atoms with E-state index in [0.29, 0.717) is 10.7 Å². The number of anilines is 1. The third-order valence-electron chi connectivity index (χ3n) is 2.39. The highest BCUT2D eigenvalue weighted by Gasteiger charge is 2.04. The van der Waals surface area contributed by atoms with Gasteiger partial charge in [-0.2, -0.15) is 0 Å². The molecule has 17 heavy (non-hydrogen) atoms. The average Bonchev–Trinajstić information content (AvgIpc) is 2.32. The van der Waals surface area contributed by atoms with E-state index in [-0.39, 0.29) is 5.91 Å². The zero-order valence-electron chi connectivity index (χ0n) is 9.41. The molecule has 2 nitrogen and oxygen atoms in total. The van der Waals surface area contributed by atoms with Gasteiger partial charge in [0.15, 0.2) is 0 Å². The van der Waals surface area contributed by atoms with Crippen LogP contribution in [-0.2, 0) is 4.79 Å². The van der Waals surface area contributed by atoms with E-state index in [4.69, 9.17) is 11.6 Å². The van der Waals surface area contributed by atoms with Gasteiger partial charge < -0.3 is 5.32 Å². The summed E-state index contributed by atoms with van der Waals surface area (Å²) in [5.74, 6) is -0.126. The molecule has 0 saturated carbocycles. The zero-order chi connectivity index (χ0) is 12.3. The quantitative estimate of drug-likeness (QED) is 0.852. The minimum atomic E-state index is -0.126. The summed E-state index contributed by atoms with van der Waals surface area (Å²) in [7, 11) is 0. The van der Waals surface area contributed by atoms with E-state index in [1.54, 1.807) is 0 Å². The number of hydrogen-bond donors (Lipinski definition) is 1. The Hall–Kier alpha value is -1.80. The number of amides is 1. The highest BCUT2D eigenvalue weighted by molar-refractivity contribution is 6.34. The Balaban J connectivity index is 2.34.